The summed E-state index contributed by atoms with van der Waals surface area (Å²) in [7, 11) is 0. The summed E-state index contributed by atoms with van der Waals surface area (Å²) in [5.74, 6) is -0.171. The topological polar surface area (TPSA) is 70.1 Å². The van der Waals surface area contributed by atoms with Crippen LogP contribution in [0.1, 0.15) is 12.5 Å². The number of nitrogens with zero attached hydrogens (tertiary/aromatic N) is 2. The molecule has 1 unspecified atom stereocenters. The molecule has 0 aliphatic carbocycles. The van der Waals surface area contributed by atoms with E-state index in [1.54, 1.807) is 13.0 Å². The Morgan fingerprint density at radius 3 is 2.86 bits per heavy atom. The molecule has 1 atom stereocenters. The van der Waals surface area contributed by atoms with Crippen molar-refractivity contribution in [3.8, 4) is 5.75 Å². The van der Waals surface area contributed by atoms with Gasteiger partial charge in [0, 0.05) is 12.1 Å². The molecule has 2 aromatic rings. The number of hydrogen-bond donors (Lipinski definition) is 1. The molecule has 0 bridgehead atoms. The quantitative estimate of drug-likeness (QED) is 0.914. The summed E-state index contributed by atoms with van der Waals surface area (Å²) in [4.78, 5) is 11.9. The zero-order chi connectivity index (χ0) is 15.4. The van der Waals surface area contributed by atoms with Crippen molar-refractivity contribution in [1.82, 2.24) is 9.78 Å². The molecule has 0 aliphatic heterocycles. The number of ether oxygens (including phenoxy) is 1. The van der Waals surface area contributed by atoms with E-state index >= 15 is 0 Å². The molecule has 0 saturated heterocycles. The van der Waals surface area contributed by atoms with E-state index in [1.165, 1.54) is 29.1 Å². The van der Waals surface area contributed by atoms with Crippen LogP contribution in [0.15, 0.2) is 35.3 Å². The van der Waals surface area contributed by atoms with Crippen LogP contribution in [0.4, 0.5) is 4.39 Å². The van der Waals surface area contributed by atoms with Gasteiger partial charge >= 0.3 is 0 Å². The second-order valence-electron chi connectivity index (χ2n) is 4.72. The minimum absolute atomic E-state index is 0.0405. The summed E-state index contributed by atoms with van der Waals surface area (Å²) < 4.78 is 19.9. The van der Waals surface area contributed by atoms with Crippen molar-refractivity contribution in [2.45, 2.75) is 19.5 Å². The first-order valence-electron chi connectivity index (χ1n) is 6.35. The van der Waals surface area contributed by atoms with Crippen molar-refractivity contribution in [2.24, 2.45) is 5.73 Å². The molecule has 1 aromatic carbocycles. The predicted octanol–water partition coefficient (Wildman–Crippen LogP) is 1.81. The van der Waals surface area contributed by atoms with Gasteiger partial charge in [-0.3, -0.25) is 4.79 Å². The van der Waals surface area contributed by atoms with Crippen LogP contribution < -0.4 is 16.0 Å². The minimum atomic E-state index is -0.529. The molecule has 0 aliphatic rings. The Hall–Kier alpha value is -1.92. The molecule has 1 aromatic heterocycles. The highest BCUT2D eigenvalue weighted by Gasteiger charge is 2.06. The van der Waals surface area contributed by atoms with Gasteiger partial charge in [0.15, 0.2) is 0 Å². The Morgan fingerprint density at radius 1 is 1.48 bits per heavy atom. The maximum absolute atomic E-state index is 13.4. The second kappa shape index (κ2) is 6.69. The molecule has 0 spiro atoms. The predicted molar refractivity (Wildman–Crippen MR) is 78.2 cm³/mol. The highest BCUT2D eigenvalue weighted by Crippen LogP contribution is 2.16. The van der Waals surface area contributed by atoms with Gasteiger partial charge in [0.05, 0.1) is 17.8 Å². The van der Waals surface area contributed by atoms with E-state index in [4.69, 9.17) is 22.1 Å². The highest BCUT2D eigenvalue weighted by molar-refractivity contribution is 6.30. The fourth-order valence-corrected chi connectivity index (χ4v) is 1.77. The zero-order valence-corrected chi connectivity index (χ0v) is 12.2. The van der Waals surface area contributed by atoms with Crippen molar-refractivity contribution in [3.63, 3.8) is 0 Å². The summed E-state index contributed by atoms with van der Waals surface area (Å²) >= 11 is 5.61. The fraction of sp³-hybridized carbons (Fsp3) is 0.286. The lowest BCUT2D eigenvalue weighted by Gasteiger charge is -2.09. The standard InChI is InChI=1S/C14H15ClFN3O2/c1-9(17)8-21-11-5-14(20)19(18-6-11)7-10-2-3-12(15)13(16)4-10/h2-6,9H,7-8,17H2,1H3. The van der Waals surface area contributed by atoms with Crippen LogP contribution in [0, 0.1) is 5.82 Å². The third kappa shape index (κ3) is 4.27. The molecular formula is C14H15ClFN3O2. The van der Waals surface area contributed by atoms with E-state index in [-0.39, 0.29) is 23.2 Å². The monoisotopic (exact) mass is 311 g/mol. The number of benzene rings is 1. The smallest absolute Gasteiger partial charge is 0.270 e. The average Bonchev–Trinajstić information content (AvgIpc) is 2.43. The zero-order valence-electron chi connectivity index (χ0n) is 11.4. The molecule has 2 rings (SSSR count). The van der Waals surface area contributed by atoms with E-state index in [2.05, 4.69) is 5.10 Å². The molecule has 7 heteroatoms. The molecule has 0 amide bonds. The maximum atomic E-state index is 13.4. The van der Waals surface area contributed by atoms with Crippen molar-refractivity contribution in [2.75, 3.05) is 6.61 Å². The SMILES string of the molecule is CC(N)COc1cnn(Cc2ccc(Cl)c(F)c2)c(=O)c1. The average molecular weight is 312 g/mol. The van der Waals surface area contributed by atoms with Crippen LogP contribution in [0.5, 0.6) is 5.75 Å². The van der Waals surface area contributed by atoms with Gasteiger partial charge in [-0.25, -0.2) is 9.07 Å². The molecule has 112 valence electrons. The fourth-order valence-electron chi connectivity index (χ4n) is 1.65. The molecule has 0 fully saturated rings. The summed E-state index contributed by atoms with van der Waals surface area (Å²) in [6, 6.07) is 5.54. The summed E-state index contributed by atoms with van der Waals surface area (Å²) in [5, 5.41) is 4.03. The van der Waals surface area contributed by atoms with E-state index in [0.29, 0.717) is 17.9 Å². The Labute approximate surface area is 126 Å². The lowest BCUT2D eigenvalue weighted by Crippen LogP contribution is -2.26. The van der Waals surface area contributed by atoms with Crippen LogP contribution in [-0.2, 0) is 6.54 Å². The van der Waals surface area contributed by atoms with E-state index < -0.39 is 5.82 Å². The molecule has 2 N–H and O–H groups in total. The Balaban J connectivity index is 2.13. The first-order valence-corrected chi connectivity index (χ1v) is 6.73. The molecule has 21 heavy (non-hydrogen) atoms. The largest absolute Gasteiger partial charge is 0.490 e. The third-order valence-corrected chi connectivity index (χ3v) is 2.98. The summed E-state index contributed by atoms with van der Waals surface area (Å²) in [6.07, 6.45) is 1.43. The number of nitrogens with two attached hydrogens (primary N) is 1. The Kier molecular flexibility index (Phi) is 4.93. The van der Waals surface area contributed by atoms with Gasteiger partial charge in [0.1, 0.15) is 18.2 Å². The Morgan fingerprint density at radius 2 is 2.24 bits per heavy atom. The van der Waals surface area contributed by atoms with Crippen molar-refractivity contribution >= 4 is 11.6 Å². The normalized spacial score (nSPS) is 12.2. The molecular weight excluding hydrogens is 297 g/mol. The van der Waals surface area contributed by atoms with Gasteiger partial charge in [-0.2, -0.15) is 5.10 Å². The van der Waals surface area contributed by atoms with Crippen LogP contribution >= 0.6 is 11.6 Å². The second-order valence-corrected chi connectivity index (χ2v) is 5.13. The maximum Gasteiger partial charge on any atom is 0.270 e. The summed E-state index contributed by atoms with van der Waals surface area (Å²) in [5.41, 5.74) is 5.81. The first kappa shape index (κ1) is 15.5. The van der Waals surface area contributed by atoms with Crippen LogP contribution in [0.2, 0.25) is 5.02 Å². The van der Waals surface area contributed by atoms with E-state index in [1.807, 2.05) is 0 Å². The molecule has 5 nitrogen and oxygen atoms in total. The van der Waals surface area contributed by atoms with Gasteiger partial charge < -0.3 is 10.5 Å². The lowest BCUT2D eigenvalue weighted by molar-refractivity contribution is 0.293. The van der Waals surface area contributed by atoms with E-state index in [9.17, 15) is 9.18 Å². The van der Waals surface area contributed by atoms with Crippen LogP contribution in [0.3, 0.4) is 0 Å². The molecule has 0 radical (unpaired) electrons. The first-order chi connectivity index (χ1) is 9.95. The van der Waals surface area contributed by atoms with Crippen LogP contribution in [-0.4, -0.2) is 22.4 Å². The van der Waals surface area contributed by atoms with Crippen molar-refractivity contribution < 1.29 is 9.13 Å². The van der Waals surface area contributed by atoms with E-state index in [0.717, 1.165) is 0 Å². The van der Waals surface area contributed by atoms with Gasteiger partial charge in [0.2, 0.25) is 0 Å². The highest BCUT2D eigenvalue weighted by atomic mass is 35.5. The number of hydrogen-bond acceptors (Lipinski definition) is 4. The van der Waals surface area contributed by atoms with Gasteiger partial charge in [-0.15, -0.1) is 0 Å². The summed E-state index contributed by atoms with van der Waals surface area (Å²) in [6.45, 7) is 2.25. The van der Waals surface area contributed by atoms with Gasteiger partial charge in [-0.05, 0) is 24.6 Å². The van der Waals surface area contributed by atoms with Gasteiger partial charge in [-0.1, -0.05) is 17.7 Å². The van der Waals surface area contributed by atoms with Crippen molar-refractivity contribution in [1.29, 1.82) is 0 Å². The number of rotatable bonds is 5. The number of halogens is 2. The lowest BCUT2D eigenvalue weighted by atomic mass is 10.2. The molecule has 0 saturated carbocycles. The van der Waals surface area contributed by atoms with Crippen LogP contribution in [0.25, 0.3) is 0 Å². The van der Waals surface area contributed by atoms with Gasteiger partial charge in [0.25, 0.3) is 5.56 Å². The third-order valence-electron chi connectivity index (χ3n) is 2.67. The minimum Gasteiger partial charge on any atom is -0.490 e. The Bertz CT molecular complexity index is 688. The molecule has 1 heterocycles. The number of aromatic nitrogens is 2. The van der Waals surface area contributed by atoms with Crippen molar-refractivity contribution in [3.05, 3.63) is 57.2 Å².